The van der Waals surface area contributed by atoms with E-state index in [4.69, 9.17) is 0 Å². The minimum Gasteiger partial charge on any atom is -0.279 e. The summed E-state index contributed by atoms with van der Waals surface area (Å²) in [5.41, 5.74) is 2.57. The molecular weight excluding hydrogens is 296 g/mol. The van der Waals surface area contributed by atoms with Crippen molar-refractivity contribution in [3.8, 4) is 0 Å². The Morgan fingerprint density at radius 1 is 1.00 bits per heavy atom. The molecule has 3 aromatic rings. The molecule has 112 valence electrons. The summed E-state index contributed by atoms with van der Waals surface area (Å²) in [5, 5.41) is 1.46. The van der Waals surface area contributed by atoms with Gasteiger partial charge in [0.25, 0.3) is 10.0 Å². The second-order valence-electron chi connectivity index (χ2n) is 5.21. The van der Waals surface area contributed by atoms with Crippen molar-refractivity contribution in [2.75, 3.05) is 4.72 Å². The molecule has 22 heavy (non-hydrogen) atoms. The first-order chi connectivity index (χ1) is 10.5. The van der Waals surface area contributed by atoms with Crippen LogP contribution in [-0.4, -0.2) is 13.4 Å². The Morgan fingerprint density at radius 2 is 1.77 bits per heavy atom. The number of aryl methyl sites for hydroxylation is 1. The first-order valence-electron chi connectivity index (χ1n) is 6.91. The second-order valence-corrected chi connectivity index (χ2v) is 6.86. The summed E-state index contributed by atoms with van der Waals surface area (Å²) in [4.78, 5) is 4.29. The smallest absolute Gasteiger partial charge is 0.262 e. The van der Waals surface area contributed by atoms with Gasteiger partial charge in [-0.1, -0.05) is 24.3 Å². The lowest BCUT2D eigenvalue weighted by atomic mass is 10.1. The van der Waals surface area contributed by atoms with Gasteiger partial charge < -0.3 is 0 Å². The number of anilines is 1. The number of aromatic nitrogens is 1. The van der Waals surface area contributed by atoms with Gasteiger partial charge in [0.2, 0.25) is 0 Å². The summed E-state index contributed by atoms with van der Waals surface area (Å²) in [5.74, 6) is 0. The molecule has 0 amide bonds. The van der Waals surface area contributed by atoms with Gasteiger partial charge in [0, 0.05) is 23.2 Å². The van der Waals surface area contributed by atoms with Crippen LogP contribution in [0.5, 0.6) is 0 Å². The third-order valence-electron chi connectivity index (χ3n) is 3.78. The lowest BCUT2D eigenvalue weighted by molar-refractivity contribution is 0.602. The molecule has 1 N–H and O–H groups in total. The van der Waals surface area contributed by atoms with Crippen LogP contribution in [0.2, 0.25) is 0 Å². The lowest BCUT2D eigenvalue weighted by Gasteiger charge is -2.13. The minimum atomic E-state index is -3.66. The highest BCUT2D eigenvalue weighted by Crippen LogP contribution is 2.26. The molecular formula is C17H16N2O2S. The van der Waals surface area contributed by atoms with Crippen LogP contribution in [0, 0.1) is 13.8 Å². The molecule has 1 aromatic heterocycles. The fourth-order valence-corrected chi connectivity index (χ4v) is 3.74. The van der Waals surface area contributed by atoms with E-state index >= 15 is 0 Å². The molecule has 0 aliphatic heterocycles. The summed E-state index contributed by atoms with van der Waals surface area (Å²) in [6.07, 6.45) is 3.26. The maximum absolute atomic E-state index is 12.7. The molecule has 2 aromatic carbocycles. The van der Waals surface area contributed by atoms with Crippen LogP contribution in [0.3, 0.4) is 0 Å². The van der Waals surface area contributed by atoms with Gasteiger partial charge in [-0.05, 0) is 43.2 Å². The number of benzene rings is 2. The van der Waals surface area contributed by atoms with Crippen LogP contribution in [0.25, 0.3) is 10.8 Å². The van der Waals surface area contributed by atoms with Crippen molar-refractivity contribution in [1.29, 1.82) is 0 Å². The van der Waals surface area contributed by atoms with Gasteiger partial charge in [-0.25, -0.2) is 8.42 Å². The summed E-state index contributed by atoms with van der Waals surface area (Å²) in [6, 6.07) is 12.5. The standard InChI is InChI=1S/C17H16N2O2S/c1-12-5-3-7-16(13(12)2)19-22(20,21)17-8-4-6-14-11-18-10-9-15(14)17/h3-11,19H,1-2H3. The quantitative estimate of drug-likeness (QED) is 0.803. The van der Waals surface area contributed by atoms with Gasteiger partial charge in [0.1, 0.15) is 0 Å². The van der Waals surface area contributed by atoms with E-state index in [-0.39, 0.29) is 4.90 Å². The monoisotopic (exact) mass is 312 g/mol. The van der Waals surface area contributed by atoms with E-state index in [2.05, 4.69) is 9.71 Å². The Morgan fingerprint density at radius 3 is 2.59 bits per heavy atom. The van der Waals surface area contributed by atoms with Crippen LogP contribution >= 0.6 is 0 Å². The van der Waals surface area contributed by atoms with E-state index < -0.39 is 10.0 Å². The highest BCUT2D eigenvalue weighted by Gasteiger charge is 2.18. The molecule has 0 radical (unpaired) electrons. The van der Waals surface area contributed by atoms with Gasteiger partial charge >= 0.3 is 0 Å². The number of fused-ring (bicyclic) bond motifs is 1. The molecule has 0 unspecified atom stereocenters. The Labute approximate surface area is 129 Å². The molecule has 5 heteroatoms. The predicted octanol–water partition coefficient (Wildman–Crippen LogP) is 3.65. The van der Waals surface area contributed by atoms with E-state index in [1.54, 1.807) is 36.7 Å². The zero-order chi connectivity index (χ0) is 15.7. The molecule has 0 bridgehead atoms. The van der Waals surface area contributed by atoms with E-state index in [9.17, 15) is 8.42 Å². The Hall–Kier alpha value is -2.40. The number of hydrogen-bond donors (Lipinski definition) is 1. The van der Waals surface area contributed by atoms with E-state index in [0.29, 0.717) is 11.1 Å². The largest absolute Gasteiger partial charge is 0.279 e. The summed E-state index contributed by atoms with van der Waals surface area (Å²) >= 11 is 0. The number of nitrogens with zero attached hydrogens (tertiary/aromatic N) is 1. The topological polar surface area (TPSA) is 59.1 Å². The Balaban J connectivity index is 2.11. The van der Waals surface area contributed by atoms with Crippen molar-refractivity contribution in [2.24, 2.45) is 0 Å². The number of nitrogens with one attached hydrogen (secondary N) is 1. The molecule has 0 atom stereocenters. The Kier molecular flexibility index (Phi) is 3.58. The van der Waals surface area contributed by atoms with Crippen molar-refractivity contribution in [3.05, 3.63) is 66.0 Å². The normalized spacial score (nSPS) is 11.5. The van der Waals surface area contributed by atoms with Crippen molar-refractivity contribution in [3.63, 3.8) is 0 Å². The van der Waals surface area contributed by atoms with E-state index in [0.717, 1.165) is 16.5 Å². The average molecular weight is 312 g/mol. The van der Waals surface area contributed by atoms with Crippen LogP contribution in [0.4, 0.5) is 5.69 Å². The van der Waals surface area contributed by atoms with Crippen LogP contribution in [0.1, 0.15) is 11.1 Å². The number of rotatable bonds is 3. The summed E-state index contributed by atoms with van der Waals surface area (Å²) in [7, 11) is -3.66. The highest BCUT2D eigenvalue weighted by molar-refractivity contribution is 7.93. The zero-order valence-electron chi connectivity index (χ0n) is 12.4. The molecule has 0 aliphatic rings. The summed E-state index contributed by atoms with van der Waals surface area (Å²) < 4.78 is 28.2. The van der Waals surface area contributed by atoms with Gasteiger partial charge in [-0.15, -0.1) is 0 Å². The average Bonchev–Trinajstić information content (AvgIpc) is 2.51. The van der Waals surface area contributed by atoms with Crippen LogP contribution in [-0.2, 0) is 10.0 Å². The van der Waals surface area contributed by atoms with Crippen LogP contribution in [0.15, 0.2) is 59.8 Å². The van der Waals surface area contributed by atoms with Crippen molar-refractivity contribution in [2.45, 2.75) is 18.7 Å². The molecule has 3 rings (SSSR count). The maximum atomic E-state index is 12.7. The van der Waals surface area contributed by atoms with Crippen molar-refractivity contribution >= 4 is 26.5 Å². The van der Waals surface area contributed by atoms with E-state index in [1.807, 2.05) is 32.0 Å². The van der Waals surface area contributed by atoms with Crippen molar-refractivity contribution < 1.29 is 8.42 Å². The van der Waals surface area contributed by atoms with E-state index in [1.165, 1.54) is 0 Å². The highest BCUT2D eigenvalue weighted by atomic mass is 32.2. The summed E-state index contributed by atoms with van der Waals surface area (Å²) in [6.45, 7) is 3.86. The van der Waals surface area contributed by atoms with Crippen molar-refractivity contribution in [1.82, 2.24) is 4.98 Å². The molecule has 0 aliphatic carbocycles. The molecule has 0 saturated heterocycles. The van der Waals surface area contributed by atoms with Gasteiger partial charge in [-0.2, -0.15) is 0 Å². The zero-order valence-corrected chi connectivity index (χ0v) is 13.2. The van der Waals surface area contributed by atoms with Gasteiger partial charge in [-0.3, -0.25) is 9.71 Å². The number of pyridine rings is 1. The molecule has 0 fully saturated rings. The maximum Gasteiger partial charge on any atom is 0.262 e. The first-order valence-corrected chi connectivity index (χ1v) is 8.39. The minimum absolute atomic E-state index is 0.258. The van der Waals surface area contributed by atoms with Gasteiger partial charge in [0.05, 0.1) is 10.6 Å². The molecule has 0 saturated carbocycles. The first kappa shape index (κ1) is 14.5. The lowest BCUT2D eigenvalue weighted by Crippen LogP contribution is -2.14. The fraction of sp³-hybridized carbons (Fsp3) is 0.118. The third-order valence-corrected chi connectivity index (χ3v) is 5.20. The molecule has 4 nitrogen and oxygen atoms in total. The molecule has 1 heterocycles. The van der Waals surface area contributed by atoms with Crippen LogP contribution < -0.4 is 4.72 Å². The fourth-order valence-electron chi connectivity index (χ4n) is 2.39. The Bertz CT molecular complexity index is 945. The predicted molar refractivity (Wildman–Crippen MR) is 88.5 cm³/mol. The molecule has 0 spiro atoms. The third kappa shape index (κ3) is 2.55. The number of hydrogen-bond acceptors (Lipinski definition) is 3. The number of sulfonamides is 1. The SMILES string of the molecule is Cc1cccc(NS(=O)(=O)c2cccc3cnccc23)c1C. The second kappa shape index (κ2) is 5.42. The van der Waals surface area contributed by atoms with Gasteiger partial charge in [0.15, 0.2) is 0 Å².